The van der Waals surface area contributed by atoms with Gasteiger partial charge in [-0.3, -0.25) is 52.5 Å². The SMILES string of the molecule is CCC1[C@@H]2OCC[C@]1(CC)O[C@H]2n1cc(C)c(N)nc1=O.CCC1[C@@H]2OCC[C@]1(CC)O[C@H]2n1cnc2c(=O)[nH]c(N)nc21.CCC1[C@@H]2OCC[C@]1(CC)O[C@H]2n1cnc2c(N)ncnc21.CCC1[CH-][C@H](n2ccc(N)nc2=O)O[C@@H]1CC.CCC1[CH-][C@H](n2cnc3c(=O)[nH]c(N)nc32)O[C@@H]1CC.CCC1[CH-][C@H](n2cnc3c(N)ncnc32)O[C@@H]1CC.[Y].[Y].[Y]. The summed E-state index contributed by atoms with van der Waals surface area (Å²) in [7, 11) is 0. The minimum atomic E-state index is -0.406. The summed E-state index contributed by atoms with van der Waals surface area (Å²) < 4.78 is 65.7. The largest absolute Gasteiger partial charge is 0.389 e. The third kappa shape index (κ3) is 19.4. The van der Waals surface area contributed by atoms with E-state index in [2.05, 4.69) is 172 Å². The molecule has 0 amide bonds. The molecule has 9 fully saturated rings. The molecule has 125 heavy (non-hydrogen) atoms. The number of nitrogens with one attached hydrogen (secondary N) is 2. The van der Waals surface area contributed by atoms with Crippen molar-refractivity contribution in [3.05, 3.63) is 123 Å². The molecule has 0 spiro atoms. The summed E-state index contributed by atoms with van der Waals surface area (Å²) in [5.74, 6) is 3.77. The van der Waals surface area contributed by atoms with Gasteiger partial charge in [0.05, 0.1) is 42.1 Å². The van der Waals surface area contributed by atoms with Gasteiger partial charge in [-0.1, -0.05) is 102 Å². The van der Waals surface area contributed by atoms with E-state index in [1.54, 1.807) is 57.5 Å². The van der Waals surface area contributed by atoms with E-state index in [9.17, 15) is 19.2 Å². The molecule has 6 bridgehead atoms. The van der Waals surface area contributed by atoms with Gasteiger partial charge in [0.1, 0.15) is 53.6 Å². The molecule has 14 N–H and O–H groups in total. The van der Waals surface area contributed by atoms with Crippen LogP contribution in [0.3, 0.4) is 0 Å². The van der Waals surface area contributed by atoms with Crippen molar-refractivity contribution in [2.45, 2.75) is 277 Å². The first-order valence-electron chi connectivity index (χ1n) is 43.2. The number of nitrogens with zero attached hydrogens (tertiary/aromatic N) is 18. The van der Waals surface area contributed by atoms with Gasteiger partial charge < -0.3 is 90.7 Å². The van der Waals surface area contributed by atoms with Crippen molar-refractivity contribution in [3.8, 4) is 0 Å². The molecule has 21 atom stereocenters. The molecule has 10 aromatic heterocycles. The van der Waals surface area contributed by atoms with E-state index >= 15 is 0 Å². The number of H-pyrrole nitrogens is 2. The molecule has 6 unspecified atom stereocenters. The molecular weight excluding hydrogens is 1840 g/mol. The topological polar surface area (TPSA) is 523 Å². The van der Waals surface area contributed by atoms with Crippen molar-refractivity contribution in [1.82, 2.24) is 97.2 Å². The first-order valence-corrected chi connectivity index (χ1v) is 43.2. The summed E-state index contributed by atoms with van der Waals surface area (Å²) >= 11 is 0. The Bertz CT molecular complexity index is 5500. The Kier molecular flexibility index (Phi) is 33.6. The number of aromatic amines is 2. The number of imidazole rings is 4. The molecule has 9 aliphatic rings. The number of hydrogen-bond acceptors (Lipinski definition) is 31. The normalized spacial score (nSPS) is 30.3. The van der Waals surface area contributed by atoms with Crippen LogP contribution in [0.15, 0.2) is 75.6 Å². The zero-order valence-electron chi connectivity index (χ0n) is 73.6. The summed E-state index contributed by atoms with van der Waals surface area (Å²) in [6.07, 6.45) is 32.9. The van der Waals surface area contributed by atoms with E-state index in [1.165, 1.54) is 17.2 Å². The molecule has 39 nitrogen and oxygen atoms in total. The molecule has 0 aliphatic carbocycles. The molecule has 42 heteroatoms. The molecule has 19 heterocycles. The van der Waals surface area contributed by atoms with Crippen molar-refractivity contribution in [2.75, 3.05) is 54.2 Å². The van der Waals surface area contributed by atoms with Crippen LogP contribution in [0.5, 0.6) is 0 Å². The van der Waals surface area contributed by atoms with Crippen molar-refractivity contribution < 1.29 is 141 Å². The standard InChI is InChI=1S/C15H21N5O3.C15H21N5O2.C15H23N3O3.C13H18N5O2.C13H18N5O.C12H18N3O2.3Y/c1-3-8-10-13(23-15(8,4-2)5-6-22-10)20-7-17-9-11(20)18-14(16)19-12(9)21;1-3-9-11-14(22-15(9,4-2)5-6-21-11)20-8-19-10-12(16)17-7-18-13(10)20;1-4-10-11-13(21-15(10,5-2)6-7-20-11)18-8-9(3)12(16)17-14(18)19;1-3-7-5-9(20-8(7)4-2)18-6-15-10-11(18)16-13(14)17-12(10)19;1-3-8-5-10(19-9(8)4-2)18-7-17-11-12(14)15-6-16-13(11)18;1-3-8-7-11(17-9(8)4-2)15-6-5-10(13)14-12(15)16;;;/h7-8,10,13H,3-6H2,1-2H3,(H3,16,18,19,21);7-9,11,14H,3-6H2,1-2H3,(H2,16,17,18);8,10-11,13H,4-7H2,1-3H3,(H2,16,17,19);5-9H,3-4H2,1-2H3,(H3,14,16,17,19);5-10H,3-4H2,1-2H3,(H2,14,15,16);5-9,11H,3-4H2,1-2H3,(H2,13,14,16);;;/q;;;3*-1;;;/t8?,10-,13+,15-;9?,11-,14+,15-;10?,11-,13+,15-;7?,8-,9-;8?,9-,10-;8?,9-,11-;;;/m000111.../s1. The molecule has 671 valence electrons. The van der Waals surface area contributed by atoms with E-state index in [-0.39, 0.29) is 240 Å². The maximum Gasteiger partial charge on any atom is 0.351 e. The maximum absolute atomic E-state index is 12.2. The first kappa shape index (κ1) is 98.9. The average molecular weight is 1960 g/mol. The summed E-state index contributed by atoms with van der Waals surface area (Å²) in [5.41, 5.74) is 37.2. The van der Waals surface area contributed by atoms with E-state index in [1.807, 2.05) is 16.1 Å². The fourth-order valence-corrected chi connectivity index (χ4v) is 19.7. The molecular formula is C83H119N26O13Y3-3. The molecule has 0 saturated carbocycles. The van der Waals surface area contributed by atoms with E-state index in [4.69, 9.17) is 77.0 Å². The molecule has 10 aromatic rings. The van der Waals surface area contributed by atoms with Crippen LogP contribution in [0, 0.1) is 61.7 Å². The van der Waals surface area contributed by atoms with Crippen molar-refractivity contribution in [3.63, 3.8) is 0 Å². The van der Waals surface area contributed by atoms with Gasteiger partial charge in [-0.2, -0.15) is 19.9 Å². The minimum Gasteiger partial charge on any atom is -0.389 e. The smallest absolute Gasteiger partial charge is 0.351 e. The third-order valence-electron chi connectivity index (χ3n) is 26.3. The van der Waals surface area contributed by atoms with Gasteiger partial charge in [-0.15, -0.1) is 17.8 Å². The summed E-state index contributed by atoms with van der Waals surface area (Å²) in [5, 5.41) is 0. The monoisotopic (exact) mass is 1950 g/mol. The number of nitrogens with two attached hydrogens (primary N) is 6. The second kappa shape index (κ2) is 42.5. The number of nitrogen functional groups attached to an aromatic ring is 6. The van der Waals surface area contributed by atoms with Gasteiger partial charge in [0.25, 0.3) is 11.1 Å². The third-order valence-corrected chi connectivity index (χ3v) is 26.3. The van der Waals surface area contributed by atoms with Crippen molar-refractivity contribution in [1.29, 1.82) is 0 Å². The number of ether oxygens (including phenoxy) is 9. The number of anilines is 6. The van der Waals surface area contributed by atoms with E-state index in [0.717, 1.165) is 114 Å². The number of hydrogen-bond donors (Lipinski definition) is 8. The van der Waals surface area contributed by atoms with Crippen LogP contribution < -0.4 is 56.9 Å². The zero-order valence-corrected chi connectivity index (χ0v) is 82.1. The Hall–Kier alpha value is -6.69. The quantitative estimate of drug-likeness (QED) is 0.0371. The van der Waals surface area contributed by atoms with Crippen molar-refractivity contribution >= 4 is 79.8 Å². The van der Waals surface area contributed by atoms with Crippen LogP contribution >= 0.6 is 0 Å². The second-order valence-corrected chi connectivity index (χ2v) is 32.6. The van der Waals surface area contributed by atoms with Crippen LogP contribution in [0.25, 0.3) is 44.7 Å². The van der Waals surface area contributed by atoms with Gasteiger partial charge in [-0.25, -0.2) is 49.5 Å². The zero-order chi connectivity index (χ0) is 86.8. The van der Waals surface area contributed by atoms with Crippen LogP contribution in [0.1, 0.15) is 222 Å². The fourth-order valence-electron chi connectivity index (χ4n) is 19.7. The second-order valence-electron chi connectivity index (χ2n) is 32.6. The number of rotatable bonds is 18. The van der Waals surface area contributed by atoms with Crippen molar-refractivity contribution in [2.24, 2.45) is 35.5 Å². The maximum atomic E-state index is 12.2. The average Bonchev–Trinajstić information content (AvgIpc) is 1.58. The van der Waals surface area contributed by atoms with Gasteiger partial charge in [0.15, 0.2) is 63.9 Å². The molecule has 9 saturated heterocycles. The minimum absolute atomic E-state index is 0. The Labute approximate surface area is 800 Å². The van der Waals surface area contributed by atoms with Crippen LogP contribution in [0.2, 0.25) is 0 Å². The number of fused-ring (bicyclic) bond motifs is 10. The van der Waals surface area contributed by atoms with Gasteiger partial charge >= 0.3 is 11.4 Å². The predicted octanol–water partition coefficient (Wildman–Crippen LogP) is 9.26. The fraction of sp³-hybridized carbons (Fsp3) is 0.627. The van der Waals surface area contributed by atoms with Crippen LogP contribution in [-0.2, 0) is 141 Å². The number of aromatic nitrogens is 20. The summed E-state index contributed by atoms with van der Waals surface area (Å²) in [6.45, 7) is 29.8. The van der Waals surface area contributed by atoms with E-state index in [0.29, 0.717) is 88.3 Å². The molecule has 19 rings (SSSR count). The first-order chi connectivity index (χ1) is 58.8. The number of aryl methyl sites for hydroxylation is 1. The van der Waals surface area contributed by atoms with E-state index < -0.39 is 6.23 Å². The van der Waals surface area contributed by atoms with Gasteiger partial charge in [0, 0.05) is 210 Å². The molecule has 9 aliphatic heterocycles. The Morgan fingerprint density at radius 1 is 0.408 bits per heavy atom. The van der Waals surface area contributed by atoms with Crippen LogP contribution in [0.4, 0.5) is 35.2 Å². The molecule has 3 radical (unpaired) electrons. The summed E-state index contributed by atoms with van der Waals surface area (Å²) in [4.78, 5) is 102. The predicted molar refractivity (Wildman–Crippen MR) is 456 cm³/mol. The van der Waals surface area contributed by atoms with Gasteiger partial charge in [-0.05, 0) is 70.8 Å². The Morgan fingerprint density at radius 2 is 0.760 bits per heavy atom. The molecule has 0 aromatic carbocycles. The Balaban J connectivity index is 0.000000145. The van der Waals surface area contributed by atoms with Crippen LogP contribution in [-0.4, -0.2) is 170 Å². The Morgan fingerprint density at radius 3 is 1.13 bits per heavy atom. The van der Waals surface area contributed by atoms with Gasteiger partial charge in [0.2, 0.25) is 11.9 Å². The summed E-state index contributed by atoms with van der Waals surface area (Å²) in [6, 6.07) is 1.61.